The van der Waals surface area contributed by atoms with Crippen LogP contribution in [0.1, 0.15) is 5.69 Å². The summed E-state index contributed by atoms with van der Waals surface area (Å²) >= 11 is 8.83. The molecular formula is C8H8BrClN4O. The average Bonchev–Trinajstić information content (AvgIpc) is 2.23. The fourth-order valence-electron chi connectivity index (χ4n) is 0.867. The fourth-order valence-corrected chi connectivity index (χ4v) is 1.26. The van der Waals surface area contributed by atoms with Gasteiger partial charge in [-0.3, -0.25) is 0 Å². The van der Waals surface area contributed by atoms with E-state index in [1.54, 1.807) is 7.11 Å². The van der Waals surface area contributed by atoms with Crippen molar-refractivity contribution in [3.05, 3.63) is 15.5 Å². The minimum Gasteiger partial charge on any atom is -0.383 e. The topological polar surface area (TPSA) is 70.8 Å². The standard InChI is InChI=1S/C8H8BrClN4O/c1-15-3-2-12-8-5(4-11)13-7(10)6(9)14-8/h2-3H2,1H3,(H,12,14). The minimum atomic E-state index is 0.166. The van der Waals surface area contributed by atoms with E-state index >= 15 is 0 Å². The Bertz CT molecular complexity index is 393. The Morgan fingerprint density at radius 3 is 2.93 bits per heavy atom. The lowest BCUT2D eigenvalue weighted by molar-refractivity contribution is 0.210. The Balaban J connectivity index is 2.86. The molecule has 1 heterocycles. The van der Waals surface area contributed by atoms with Crippen LogP contribution in [0, 0.1) is 11.3 Å². The van der Waals surface area contributed by atoms with Gasteiger partial charge in [0, 0.05) is 13.7 Å². The first-order valence-corrected chi connectivity index (χ1v) is 5.22. The van der Waals surface area contributed by atoms with Gasteiger partial charge in [0.15, 0.2) is 16.7 Å². The highest BCUT2D eigenvalue weighted by atomic mass is 79.9. The second-order valence-electron chi connectivity index (χ2n) is 2.53. The highest BCUT2D eigenvalue weighted by Crippen LogP contribution is 2.21. The Kier molecular flexibility index (Phi) is 4.75. The van der Waals surface area contributed by atoms with E-state index in [2.05, 4.69) is 31.2 Å². The Morgan fingerprint density at radius 2 is 2.33 bits per heavy atom. The molecule has 7 heteroatoms. The van der Waals surface area contributed by atoms with Crippen LogP contribution in [0.4, 0.5) is 5.82 Å². The van der Waals surface area contributed by atoms with Gasteiger partial charge in [-0.15, -0.1) is 0 Å². The molecule has 0 atom stereocenters. The van der Waals surface area contributed by atoms with Crippen molar-refractivity contribution in [2.75, 3.05) is 25.6 Å². The predicted molar refractivity (Wildman–Crippen MR) is 59.8 cm³/mol. The quantitative estimate of drug-likeness (QED) is 0.857. The lowest BCUT2D eigenvalue weighted by atomic mass is 10.4. The van der Waals surface area contributed by atoms with E-state index in [1.165, 1.54) is 0 Å². The summed E-state index contributed by atoms with van der Waals surface area (Å²) in [6, 6.07) is 1.91. The van der Waals surface area contributed by atoms with Crippen molar-refractivity contribution in [1.82, 2.24) is 9.97 Å². The molecule has 0 aliphatic heterocycles. The molecule has 0 aliphatic carbocycles. The van der Waals surface area contributed by atoms with Gasteiger partial charge < -0.3 is 10.1 Å². The van der Waals surface area contributed by atoms with Crippen LogP contribution in [0.25, 0.3) is 0 Å². The zero-order valence-corrected chi connectivity index (χ0v) is 10.3. The van der Waals surface area contributed by atoms with E-state index in [1.807, 2.05) is 6.07 Å². The molecule has 0 aliphatic rings. The summed E-state index contributed by atoms with van der Waals surface area (Å²) in [7, 11) is 1.59. The molecule has 1 rings (SSSR count). The van der Waals surface area contributed by atoms with Gasteiger partial charge in [0.05, 0.1) is 6.61 Å². The Hall–Kier alpha value is -0.900. The van der Waals surface area contributed by atoms with E-state index < -0.39 is 0 Å². The Labute approximate surface area is 101 Å². The SMILES string of the molecule is COCCNc1nc(Br)c(Cl)nc1C#N. The molecule has 15 heavy (non-hydrogen) atoms. The van der Waals surface area contributed by atoms with Gasteiger partial charge in [-0.25, -0.2) is 9.97 Å². The highest BCUT2D eigenvalue weighted by Gasteiger charge is 2.09. The summed E-state index contributed by atoms with van der Waals surface area (Å²) in [4.78, 5) is 7.91. The molecule has 0 amide bonds. The maximum Gasteiger partial charge on any atom is 0.184 e. The number of hydrogen-bond acceptors (Lipinski definition) is 5. The third-order valence-electron chi connectivity index (χ3n) is 1.52. The van der Waals surface area contributed by atoms with Crippen molar-refractivity contribution < 1.29 is 4.74 Å². The van der Waals surface area contributed by atoms with Gasteiger partial charge in [0.1, 0.15) is 10.7 Å². The van der Waals surface area contributed by atoms with Crippen molar-refractivity contribution in [2.24, 2.45) is 0 Å². The van der Waals surface area contributed by atoms with Gasteiger partial charge >= 0.3 is 0 Å². The zero-order valence-electron chi connectivity index (χ0n) is 7.92. The first-order chi connectivity index (χ1) is 7.19. The van der Waals surface area contributed by atoms with Gasteiger partial charge in [-0.1, -0.05) is 11.6 Å². The van der Waals surface area contributed by atoms with E-state index in [0.29, 0.717) is 23.6 Å². The number of nitriles is 1. The molecule has 0 aromatic carbocycles. The summed E-state index contributed by atoms with van der Waals surface area (Å²) in [5.74, 6) is 0.394. The first-order valence-electron chi connectivity index (χ1n) is 4.05. The molecule has 1 aromatic rings. The molecule has 1 N–H and O–H groups in total. The molecule has 0 saturated heterocycles. The van der Waals surface area contributed by atoms with Crippen LogP contribution in [-0.2, 0) is 4.74 Å². The number of hydrogen-bond donors (Lipinski definition) is 1. The van der Waals surface area contributed by atoms with E-state index in [0.717, 1.165) is 0 Å². The van der Waals surface area contributed by atoms with E-state index in [9.17, 15) is 0 Å². The molecule has 0 fully saturated rings. The van der Waals surface area contributed by atoms with Gasteiger partial charge in [0.25, 0.3) is 0 Å². The number of rotatable bonds is 4. The number of anilines is 1. The first kappa shape index (κ1) is 12.2. The summed E-state index contributed by atoms with van der Waals surface area (Å²) in [6.07, 6.45) is 0. The van der Waals surface area contributed by atoms with Crippen molar-refractivity contribution >= 4 is 33.3 Å². The third kappa shape index (κ3) is 3.30. The summed E-state index contributed by atoms with van der Waals surface area (Å²) in [5, 5.41) is 11.9. The maximum atomic E-state index is 8.79. The van der Waals surface area contributed by atoms with Crippen LogP contribution in [-0.4, -0.2) is 30.2 Å². The second kappa shape index (κ2) is 5.85. The van der Waals surface area contributed by atoms with Crippen molar-refractivity contribution in [3.8, 4) is 6.07 Å². The normalized spacial score (nSPS) is 9.73. The Morgan fingerprint density at radius 1 is 1.60 bits per heavy atom. The lowest BCUT2D eigenvalue weighted by Crippen LogP contribution is -2.11. The second-order valence-corrected chi connectivity index (χ2v) is 3.64. The monoisotopic (exact) mass is 290 g/mol. The van der Waals surface area contributed by atoms with Crippen LogP contribution < -0.4 is 5.32 Å². The van der Waals surface area contributed by atoms with Crippen LogP contribution in [0.5, 0.6) is 0 Å². The van der Waals surface area contributed by atoms with Gasteiger partial charge in [0.2, 0.25) is 0 Å². The van der Waals surface area contributed by atoms with Crippen molar-refractivity contribution in [1.29, 1.82) is 5.26 Å². The highest BCUT2D eigenvalue weighted by molar-refractivity contribution is 9.10. The maximum absolute atomic E-state index is 8.79. The molecule has 1 aromatic heterocycles. The number of methoxy groups -OCH3 is 1. The predicted octanol–water partition coefficient (Wildman–Crippen LogP) is 1.82. The lowest BCUT2D eigenvalue weighted by Gasteiger charge is -2.06. The summed E-state index contributed by atoms with van der Waals surface area (Å²) < 4.78 is 5.27. The average molecular weight is 292 g/mol. The van der Waals surface area contributed by atoms with Gasteiger partial charge in [-0.2, -0.15) is 5.26 Å². The number of aromatic nitrogens is 2. The minimum absolute atomic E-state index is 0.166. The molecule has 0 saturated carbocycles. The molecule has 0 unspecified atom stereocenters. The largest absolute Gasteiger partial charge is 0.383 e. The van der Waals surface area contributed by atoms with Gasteiger partial charge in [-0.05, 0) is 15.9 Å². The molecule has 0 spiro atoms. The number of nitrogens with zero attached hydrogens (tertiary/aromatic N) is 3. The van der Waals surface area contributed by atoms with Crippen LogP contribution in [0.3, 0.4) is 0 Å². The van der Waals surface area contributed by atoms with Crippen LogP contribution in [0.15, 0.2) is 4.60 Å². The smallest absolute Gasteiger partial charge is 0.184 e. The van der Waals surface area contributed by atoms with Crippen LogP contribution in [0.2, 0.25) is 5.15 Å². The number of ether oxygens (including phenoxy) is 1. The molecule has 80 valence electrons. The molecule has 5 nitrogen and oxygen atoms in total. The van der Waals surface area contributed by atoms with Crippen molar-refractivity contribution in [3.63, 3.8) is 0 Å². The summed E-state index contributed by atoms with van der Waals surface area (Å²) in [5.41, 5.74) is 0.166. The van der Waals surface area contributed by atoms with E-state index in [-0.39, 0.29) is 10.8 Å². The number of nitrogens with one attached hydrogen (secondary N) is 1. The molecule has 0 radical (unpaired) electrons. The summed E-state index contributed by atoms with van der Waals surface area (Å²) in [6.45, 7) is 1.07. The fraction of sp³-hybridized carbons (Fsp3) is 0.375. The molecular weight excluding hydrogens is 283 g/mol. The number of halogens is 2. The van der Waals surface area contributed by atoms with E-state index in [4.69, 9.17) is 21.6 Å². The molecule has 0 bridgehead atoms. The van der Waals surface area contributed by atoms with Crippen molar-refractivity contribution in [2.45, 2.75) is 0 Å². The van der Waals surface area contributed by atoms with Crippen LogP contribution >= 0.6 is 27.5 Å². The third-order valence-corrected chi connectivity index (χ3v) is 2.56. The zero-order chi connectivity index (χ0) is 11.3.